The topological polar surface area (TPSA) is 423 Å². The number of cyclic esters (lactones) is 1. The molecule has 29 nitrogen and oxygen atoms in total. The number of hydrogen-bond donors (Lipinski definition) is 10. The molecule has 4 aliphatic carbocycles. The van der Waals surface area contributed by atoms with Crippen LogP contribution in [0.1, 0.15) is 120 Å². The Bertz CT molecular complexity index is 2680. The summed E-state index contributed by atoms with van der Waals surface area (Å²) in [4.78, 5) is 27.6. The third-order valence-corrected chi connectivity index (χ3v) is 22.6. The molecule has 3 saturated carbocycles. The monoisotopic (exact) mass is 1330 g/mol. The van der Waals surface area contributed by atoms with Crippen LogP contribution in [0.5, 0.6) is 0 Å². The van der Waals surface area contributed by atoms with E-state index in [9.17, 15) is 73.6 Å². The zero-order valence-corrected chi connectivity index (χ0v) is 56.4. The van der Waals surface area contributed by atoms with Crippen LogP contribution < -0.4 is 29.6 Å². The van der Waals surface area contributed by atoms with Crippen LogP contribution in [0.3, 0.4) is 0 Å². The number of ether oxygens (including phenoxy) is 13. The molecule has 9 fully saturated rings. The molecule has 29 unspecified atom stereocenters. The van der Waals surface area contributed by atoms with E-state index in [0.717, 1.165) is 18.4 Å². The summed E-state index contributed by atoms with van der Waals surface area (Å²) in [6, 6.07) is 0. The quantitative estimate of drug-likeness (QED) is 0.0193. The smallest absolute Gasteiger partial charge is 0.726 e. The molecule has 516 valence electrons. The van der Waals surface area contributed by atoms with Crippen molar-refractivity contribution in [1.82, 2.24) is 0 Å². The van der Waals surface area contributed by atoms with Crippen LogP contribution in [0, 0.1) is 45.3 Å². The predicted molar refractivity (Wildman–Crippen MR) is 301 cm³/mol. The summed E-state index contributed by atoms with van der Waals surface area (Å²) < 4.78 is 120. The Labute approximate surface area is 552 Å². The molecular formula is C60H95NaO29S. The summed E-state index contributed by atoms with van der Waals surface area (Å²) in [6.07, 6.45) is -31.2. The fraction of sp³-hybridized carbons (Fsp3) is 0.933. The first kappa shape index (κ1) is 73.9. The van der Waals surface area contributed by atoms with Gasteiger partial charge in [0.05, 0.1) is 50.0 Å². The number of aliphatic hydroxyl groups excluding tert-OH is 10. The second kappa shape index (κ2) is 28.1. The van der Waals surface area contributed by atoms with Crippen LogP contribution in [0.4, 0.5) is 0 Å². The standard InChI is InChI=1S/C60H96O29S.Na/c1-25(2)12-11-17-59(9)49-32(81-27(4)62)20-58(8)29-13-14-35-56(5,6)36(16-18-57(35,7)28(29)15-19-60(49,58)55(72)88-59)83-53-47(39(67)34(24-79-53)89-90(73,74)75)87-54-48(86-50-40(68)37(65)30(63)22-77-50)41(69)44(26(3)80-54)84-51-42(70)45(31(64)23-78-51)85-52-43(71)46(76-10)38(66)33(21-61)82-52;/h13,25-26,28,30-54,61,63-71H,11-12,14-24H2,1-10H3,(H,73,74,75);/q;+1/p-1/t26?,28?,30?,31?,32?,33?,34?,35?,36?,37?,38?,39?,40?,41?,42?,43?,44?,45?,46?,47?,48?,49?,50?,51?,52?,53?,54?,57?,58-,59-,60?;/m0./s1. The van der Waals surface area contributed by atoms with Gasteiger partial charge in [-0.3, -0.25) is 13.8 Å². The van der Waals surface area contributed by atoms with Crippen LogP contribution in [0.25, 0.3) is 0 Å². The van der Waals surface area contributed by atoms with E-state index in [4.69, 9.17) is 65.8 Å². The molecule has 0 bridgehead atoms. The van der Waals surface area contributed by atoms with Gasteiger partial charge in [0.15, 0.2) is 31.5 Å². The zero-order chi connectivity index (χ0) is 65.7. The van der Waals surface area contributed by atoms with Crippen LogP contribution in [0.15, 0.2) is 11.6 Å². The molecule has 0 aromatic heterocycles. The summed E-state index contributed by atoms with van der Waals surface area (Å²) in [5, 5.41) is 111. The fourth-order valence-corrected chi connectivity index (χ4v) is 18.1. The minimum atomic E-state index is -5.51. The average Bonchev–Trinajstić information content (AvgIpc) is 1.52. The number of methoxy groups -OCH3 is 1. The van der Waals surface area contributed by atoms with Crippen molar-refractivity contribution >= 4 is 22.3 Å². The van der Waals surface area contributed by atoms with Crippen molar-refractivity contribution in [3.05, 3.63) is 11.6 Å². The Morgan fingerprint density at radius 3 is 1.98 bits per heavy atom. The first-order valence-corrected chi connectivity index (χ1v) is 32.9. The minimum Gasteiger partial charge on any atom is -0.726 e. The Morgan fingerprint density at radius 1 is 0.714 bits per heavy atom. The van der Waals surface area contributed by atoms with E-state index >= 15 is 0 Å². The normalized spacial score (nSPS) is 49.7. The van der Waals surface area contributed by atoms with Gasteiger partial charge in [-0.2, -0.15) is 0 Å². The van der Waals surface area contributed by atoms with Crippen molar-refractivity contribution in [2.45, 2.75) is 273 Å². The van der Waals surface area contributed by atoms with Gasteiger partial charge in [0, 0.05) is 19.4 Å². The molecule has 0 aromatic carbocycles. The third kappa shape index (κ3) is 13.6. The molecule has 6 aliphatic heterocycles. The number of hydrogen-bond acceptors (Lipinski definition) is 29. The van der Waals surface area contributed by atoms with Gasteiger partial charge in [-0.15, -0.1) is 0 Å². The maximum Gasteiger partial charge on any atom is 1.00 e. The maximum atomic E-state index is 14.8. The molecule has 31 atom stereocenters. The molecule has 91 heavy (non-hydrogen) atoms. The summed E-state index contributed by atoms with van der Waals surface area (Å²) in [5.41, 5.74) is -2.39. The molecule has 0 amide bonds. The summed E-state index contributed by atoms with van der Waals surface area (Å²) in [7, 11) is -4.32. The summed E-state index contributed by atoms with van der Waals surface area (Å²) >= 11 is 0. The van der Waals surface area contributed by atoms with E-state index < -0.39 is 212 Å². The van der Waals surface area contributed by atoms with Gasteiger partial charge >= 0.3 is 41.5 Å². The number of carbonyl (C=O) groups excluding carboxylic acids is 2. The van der Waals surface area contributed by atoms with E-state index in [-0.39, 0.29) is 58.7 Å². The van der Waals surface area contributed by atoms with Crippen molar-refractivity contribution in [2.24, 2.45) is 45.3 Å². The second-order valence-electron chi connectivity index (χ2n) is 28.4. The van der Waals surface area contributed by atoms with Gasteiger partial charge in [0.25, 0.3) is 0 Å². The molecule has 31 heteroatoms. The van der Waals surface area contributed by atoms with Crippen molar-refractivity contribution in [1.29, 1.82) is 0 Å². The Balaban J connectivity index is 0.00000980. The predicted octanol–water partition coefficient (Wildman–Crippen LogP) is -4.18. The van der Waals surface area contributed by atoms with Crippen LogP contribution in [-0.2, 0) is 85.8 Å². The molecular weight excluding hydrogens is 1240 g/mol. The third-order valence-electron chi connectivity index (χ3n) is 22.1. The fourth-order valence-electron chi connectivity index (χ4n) is 17.7. The van der Waals surface area contributed by atoms with E-state index in [1.807, 2.05) is 6.92 Å². The molecule has 10 N–H and O–H groups in total. The van der Waals surface area contributed by atoms with E-state index in [2.05, 4.69) is 47.6 Å². The second-order valence-corrected chi connectivity index (χ2v) is 29.4. The average molecular weight is 1340 g/mol. The SMILES string of the molecule is COC1C(O)C(CO)OC(OC2C(O)COC(OC3C(C)OC(OC4C(OC5CCC6(C)C7CCC89C(=O)O[C@@](C)(CCCC(C)C)C8C(OC(C)=O)C[C@@]9(C)C7=CCC6C5(C)C)OCC(OS(=O)(=O)[O-])C4O)C(OC4OCC(O)C(O)C4O)C3O)C2O)C1O.[Na+]. The van der Waals surface area contributed by atoms with Crippen molar-refractivity contribution in [3.63, 3.8) is 0 Å². The molecule has 10 aliphatic rings. The van der Waals surface area contributed by atoms with E-state index in [1.54, 1.807) is 0 Å². The Morgan fingerprint density at radius 2 is 1.33 bits per heavy atom. The van der Waals surface area contributed by atoms with Gasteiger partial charge in [0.2, 0.25) is 10.4 Å². The molecule has 0 aromatic rings. The van der Waals surface area contributed by atoms with E-state index in [1.165, 1.54) is 21.0 Å². The van der Waals surface area contributed by atoms with Gasteiger partial charge in [0.1, 0.15) is 109 Å². The largest absolute Gasteiger partial charge is 1.00 e. The molecule has 10 rings (SSSR count). The first-order chi connectivity index (χ1) is 42.2. The van der Waals surface area contributed by atoms with Crippen LogP contribution in [-0.4, -0.2) is 263 Å². The Kier molecular flexibility index (Phi) is 22.9. The number of esters is 2. The van der Waals surface area contributed by atoms with Crippen LogP contribution >= 0.6 is 0 Å². The Hall–Kier alpha value is -1.29. The first-order valence-electron chi connectivity index (χ1n) is 31.6. The van der Waals surface area contributed by atoms with E-state index in [0.29, 0.717) is 50.9 Å². The zero-order valence-electron chi connectivity index (χ0n) is 53.6. The van der Waals surface area contributed by atoms with Gasteiger partial charge in [-0.1, -0.05) is 59.6 Å². The molecule has 6 heterocycles. The van der Waals surface area contributed by atoms with Gasteiger partial charge < -0.3 is 117 Å². The molecule has 6 saturated heterocycles. The summed E-state index contributed by atoms with van der Waals surface area (Å²) in [6.45, 7) is 15.1. The number of aliphatic hydroxyl groups is 10. The van der Waals surface area contributed by atoms with Crippen LogP contribution in [0.2, 0.25) is 0 Å². The van der Waals surface area contributed by atoms with Crippen molar-refractivity contribution < 1.29 is 169 Å². The van der Waals surface area contributed by atoms with Gasteiger partial charge in [-0.05, 0) is 93.8 Å². The molecule has 1 spiro atoms. The number of rotatable bonds is 19. The number of allylic oxidation sites excluding steroid dienone is 2. The number of carbonyl (C=O) groups is 2. The van der Waals surface area contributed by atoms with Crippen molar-refractivity contribution in [2.75, 3.05) is 33.5 Å². The van der Waals surface area contributed by atoms with Crippen molar-refractivity contribution in [3.8, 4) is 0 Å². The molecule has 0 radical (unpaired) electrons. The van der Waals surface area contributed by atoms with Gasteiger partial charge in [-0.25, -0.2) is 8.42 Å². The summed E-state index contributed by atoms with van der Waals surface area (Å²) in [5.74, 6) is -0.646. The minimum absolute atomic E-state index is 0. The number of fused-ring (bicyclic) bond motifs is 4. The maximum absolute atomic E-state index is 14.8.